The molecule has 0 saturated heterocycles. The Morgan fingerprint density at radius 1 is 1.25 bits per heavy atom. The fourth-order valence-electron chi connectivity index (χ4n) is 2.52. The number of aryl methyl sites for hydroxylation is 1. The Morgan fingerprint density at radius 2 is 2.10 bits per heavy atom. The molecule has 1 aromatic carbocycles. The maximum atomic E-state index is 9.49. The summed E-state index contributed by atoms with van der Waals surface area (Å²) in [5.74, 6) is 1.45. The minimum absolute atomic E-state index is 0.355. The van der Waals surface area contributed by atoms with Gasteiger partial charge in [-0.1, -0.05) is 31.5 Å². The van der Waals surface area contributed by atoms with Gasteiger partial charge in [-0.25, -0.2) is 0 Å². The van der Waals surface area contributed by atoms with Crippen LogP contribution in [0.5, 0.6) is 5.75 Å². The van der Waals surface area contributed by atoms with Gasteiger partial charge in [-0.05, 0) is 18.6 Å². The lowest BCUT2D eigenvalue weighted by molar-refractivity contribution is 0.477. The quantitative estimate of drug-likeness (QED) is 0.705. The Labute approximate surface area is 122 Å². The molecular weight excluding hydrogens is 268 g/mol. The van der Waals surface area contributed by atoms with Gasteiger partial charge in [0.2, 0.25) is 0 Å². The lowest BCUT2D eigenvalue weighted by Crippen LogP contribution is -1.91. The van der Waals surface area contributed by atoms with Gasteiger partial charge in [0, 0.05) is 34.0 Å². The fraction of sp³-hybridized carbons (Fsp3) is 0.294. The molecule has 0 aliphatic rings. The molecule has 0 aliphatic carbocycles. The van der Waals surface area contributed by atoms with Crippen LogP contribution in [0.15, 0.2) is 40.1 Å². The maximum Gasteiger partial charge on any atom is 0.134 e. The first-order valence-corrected chi connectivity index (χ1v) is 7.91. The van der Waals surface area contributed by atoms with Crippen molar-refractivity contribution in [2.24, 2.45) is 0 Å². The first-order valence-electron chi connectivity index (χ1n) is 7.03. The van der Waals surface area contributed by atoms with Crippen LogP contribution in [0.2, 0.25) is 0 Å². The summed E-state index contributed by atoms with van der Waals surface area (Å²) in [7, 11) is 0. The van der Waals surface area contributed by atoms with Gasteiger partial charge < -0.3 is 9.52 Å². The van der Waals surface area contributed by atoms with Crippen molar-refractivity contribution in [3.05, 3.63) is 51.9 Å². The minimum atomic E-state index is 0.355. The molecular formula is C17H18O2S. The molecule has 0 unspecified atom stereocenters. The third kappa shape index (κ3) is 2.59. The van der Waals surface area contributed by atoms with Gasteiger partial charge in [0.05, 0.1) is 0 Å². The van der Waals surface area contributed by atoms with Gasteiger partial charge in [-0.15, -0.1) is 11.3 Å². The highest BCUT2D eigenvalue weighted by atomic mass is 32.1. The molecule has 2 aromatic heterocycles. The predicted molar refractivity (Wildman–Crippen MR) is 83.6 cm³/mol. The molecule has 0 radical (unpaired) electrons. The highest BCUT2D eigenvalue weighted by Gasteiger charge is 2.14. The second kappa shape index (κ2) is 5.71. The largest absolute Gasteiger partial charge is 0.507 e. The lowest BCUT2D eigenvalue weighted by atomic mass is 10.0. The molecule has 104 valence electrons. The highest BCUT2D eigenvalue weighted by Crippen LogP contribution is 2.31. The van der Waals surface area contributed by atoms with Crippen LogP contribution in [0.25, 0.3) is 11.0 Å². The van der Waals surface area contributed by atoms with Crippen LogP contribution in [0.1, 0.15) is 36.0 Å². The number of benzene rings is 1. The Balaban J connectivity index is 2.01. The van der Waals surface area contributed by atoms with Gasteiger partial charge in [-0.2, -0.15) is 0 Å². The minimum Gasteiger partial charge on any atom is -0.507 e. The van der Waals surface area contributed by atoms with E-state index in [-0.39, 0.29) is 0 Å². The molecule has 3 aromatic rings. The van der Waals surface area contributed by atoms with Gasteiger partial charge in [0.15, 0.2) is 0 Å². The first kappa shape index (κ1) is 13.3. The number of hydrogen-bond donors (Lipinski definition) is 1. The zero-order valence-corrected chi connectivity index (χ0v) is 12.4. The van der Waals surface area contributed by atoms with Crippen LogP contribution in [-0.4, -0.2) is 5.11 Å². The Hall–Kier alpha value is -1.74. The zero-order valence-electron chi connectivity index (χ0n) is 11.6. The van der Waals surface area contributed by atoms with Crippen molar-refractivity contribution in [2.45, 2.75) is 32.6 Å². The Kier molecular flexibility index (Phi) is 3.79. The normalized spacial score (nSPS) is 11.2. The standard InChI is InChI=1S/C17H18O2S/c1-2-3-7-17-15(10-13-9-12(18)11-20-13)14-6-4-5-8-16(14)19-17/h4-6,8-9,11,18H,2-3,7,10H2,1H3. The lowest BCUT2D eigenvalue weighted by Gasteiger charge is -2.01. The van der Waals surface area contributed by atoms with E-state index in [0.717, 1.165) is 37.0 Å². The van der Waals surface area contributed by atoms with Crippen LogP contribution in [-0.2, 0) is 12.8 Å². The summed E-state index contributed by atoms with van der Waals surface area (Å²) in [6, 6.07) is 10.1. The summed E-state index contributed by atoms with van der Waals surface area (Å²) in [6.07, 6.45) is 4.12. The third-order valence-corrected chi connectivity index (χ3v) is 4.45. The summed E-state index contributed by atoms with van der Waals surface area (Å²) in [6.45, 7) is 2.19. The molecule has 1 N–H and O–H groups in total. The summed E-state index contributed by atoms with van der Waals surface area (Å²) < 4.78 is 6.02. The van der Waals surface area contributed by atoms with E-state index in [0.29, 0.717) is 5.75 Å². The van der Waals surface area contributed by atoms with Crippen molar-refractivity contribution in [2.75, 3.05) is 0 Å². The molecule has 0 bridgehead atoms. The predicted octanol–water partition coefficient (Wildman–Crippen LogP) is 5.13. The molecule has 2 heterocycles. The number of rotatable bonds is 5. The summed E-state index contributed by atoms with van der Waals surface area (Å²) in [4.78, 5) is 1.17. The van der Waals surface area contributed by atoms with Crippen LogP contribution in [0, 0.1) is 0 Å². The zero-order chi connectivity index (χ0) is 13.9. The average Bonchev–Trinajstić information content (AvgIpc) is 3.02. The van der Waals surface area contributed by atoms with Gasteiger partial charge in [-0.3, -0.25) is 0 Å². The van der Waals surface area contributed by atoms with Gasteiger partial charge in [0.1, 0.15) is 17.1 Å². The molecule has 3 heteroatoms. The molecule has 3 rings (SSSR count). The Morgan fingerprint density at radius 3 is 2.85 bits per heavy atom. The van der Waals surface area contributed by atoms with E-state index < -0.39 is 0 Å². The van der Waals surface area contributed by atoms with Crippen molar-refractivity contribution in [1.82, 2.24) is 0 Å². The number of unbranched alkanes of at least 4 members (excludes halogenated alkanes) is 1. The molecule has 0 saturated carbocycles. The van der Waals surface area contributed by atoms with Crippen LogP contribution in [0.4, 0.5) is 0 Å². The number of hydrogen-bond acceptors (Lipinski definition) is 3. The highest BCUT2D eigenvalue weighted by molar-refractivity contribution is 7.10. The SMILES string of the molecule is CCCCc1oc2ccccc2c1Cc1cc(O)cs1. The molecule has 0 spiro atoms. The van der Waals surface area contributed by atoms with Crippen LogP contribution in [0.3, 0.4) is 0 Å². The van der Waals surface area contributed by atoms with E-state index in [4.69, 9.17) is 4.42 Å². The van der Waals surface area contributed by atoms with Crippen molar-refractivity contribution in [3.8, 4) is 5.75 Å². The van der Waals surface area contributed by atoms with E-state index >= 15 is 0 Å². The van der Waals surface area contributed by atoms with E-state index in [1.165, 1.54) is 15.8 Å². The smallest absolute Gasteiger partial charge is 0.134 e. The van der Waals surface area contributed by atoms with Crippen LogP contribution >= 0.6 is 11.3 Å². The molecule has 2 nitrogen and oxygen atoms in total. The topological polar surface area (TPSA) is 33.4 Å². The van der Waals surface area contributed by atoms with E-state index in [2.05, 4.69) is 19.1 Å². The number of furan rings is 1. The van der Waals surface area contributed by atoms with Gasteiger partial charge >= 0.3 is 0 Å². The third-order valence-electron chi connectivity index (χ3n) is 3.53. The molecule has 0 amide bonds. The van der Waals surface area contributed by atoms with Crippen molar-refractivity contribution >= 4 is 22.3 Å². The summed E-state index contributed by atoms with van der Waals surface area (Å²) in [5.41, 5.74) is 2.24. The molecule has 20 heavy (non-hydrogen) atoms. The number of para-hydroxylation sites is 1. The molecule has 0 fully saturated rings. The van der Waals surface area contributed by atoms with Gasteiger partial charge in [0.25, 0.3) is 0 Å². The fourth-order valence-corrected chi connectivity index (χ4v) is 3.28. The van der Waals surface area contributed by atoms with Crippen molar-refractivity contribution < 1.29 is 9.52 Å². The second-order valence-electron chi connectivity index (χ2n) is 5.05. The molecule has 0 atom stereocenters. The van der Waals surface area contributed by atoms with Crippen molar-refractivity contribution in [3.63, 3.8) is 0 Å². The van der Waals surface area contributed by atoms with Crippen LogP contribution < -0.4 is 0 Å². The average molecular weight is 286 g/mol. The molecule has 0 aliphatic heterocycles. The van der Waals surface area contributed by atoms with Crippen molar-refractivity contribution in [1.29, 1.82) is 0 Å². The van der Waals surface area contributed by atoms with E-state index in [1.54, 1.807) is 16.7 Å². The Bertz CT molecular complexity index is 709. The first-order chi connectivity index (χ1) is 9.78. The number of fused-ring (bicyclic) bond motifs is 1. The van der Waals surface area contributed by atoms with E-state index in [9.17, 15) is 5.11 Å². The monoisotopic (exact) mass is 286 g/mol. The van der Waals surface area contributed by atoms with E-state index in [1.807, 2.05) is 18.2 Å². The maximum absolute atomic E-state index is 9.49. The summed E-state index contributed by atoms with van der Waals surface area (Å²) >= 11 is 1.60. The second-order valence-corrected chi connectivity index (χ2v) is 6.05. The number of thiophene rings is 1. The summed E-state index contributed by atoms with van der Waals surface area (Å²) in [5, 5.41) is 12.5. The number of aromatic hydroxyl groups is 1.